The highest BCUT2D eigenvalue weighted by Crippen LogP contribution is 2.22. The van der Waals surface area contributed by atoms with Gasteiger partial charge in [0.1, 0.15) is 11.8 Å². The summed E-state index contributed by atoms with van der Waals surface area (Å²) in [5, 5.41) is 0. The highest BCUT2D eigenvalue weighted by molar-refractivity contribution is 5.96. The van der Waals surface area contributed by atoms with Crippen LogP contribution in [0.15, 0.2) is 24.3 Å². The predicted octanol–water partition coefficient (Wildman–Crippen LogP) is 2.55. The molecule has 0 bridgehead atoms. The van der Waals surface area contributed by atoms with Gasteiger partial charge in [0.25, 0.3) is 0 Å². The number of nitrogens with two attached hydrogens (primary N) is 1. The molecule has 1 atom stereocenters. The van der Waals surface area contributed by atoms with Gasteiger partial charge in [-0.05, 0) is 31.2 Å². The van der Waals surface area contributed by atoms with Crippen LogP contribution in [0.4, 0.5) is 13.2 Å². The van der Waals surface area contributed by atoms with Gasteiger partial charge >= 0.3 is 6.18 Å². The van der Waals surface area contributed by atoms with Gasteiger partial charge in [0.2, 0.25) is 0 Å². The fraction of sp³-hybridized carbons (Fsp3) is 0.417. The zero-order valence-electron chi connectivity index (χ0n) is 9.83. The van der Waals surface area contributed by atoms with Crippen molar-refractivity contribution in [1.82, 2.24) is 0 Å². The van der Waals surface area contributed by atoms with E-state index in [1.165, 1.54) is 24.3 Å². The number of carbonyl (C=O) groups is 1. The van der Waals surface area contributed by atoms with Crippen molar-refractivity contribution in [2.24, 2.45) is 5.73 Å². The van der Waals surface area contributed by atoms with E-state index in [2.05, 4.69) is 0 Å². The Hall–Kier alpha value is -1.56. The van der Waals surface area contributed by atoms with E-state index in [0.29, 0.717) is 12.4 Å². The van der Waals surface area contributed by atoms with Gasteiger partial charge in [0, 0.05) is 12.0 Å². The summed E-state index contributed by atoms with van der Waals surface area (Å²) in [6, 6.07) is 3.80. The molecule has 0 aliphatic rings. The molecule has 2 N–H and O–H groups in total. The quantitative estimate of drug-likeness (QED) is 0.829. The molecule has 100 valence electrons. The summed E-state index contributed by atoms with van der Waals surface area (Å²) in [7, 11) is 0. The van der Waals surface area contributed by atoms with Crippen molar-refractivity contribution in [3.05, 3.63) is 29.8 Å². The first kappa shape index (κ1) is 14.5. The van der Waals surface area contributed by atoms with Crippen LogP contribution >= 0.6 is 0 Å². The van der Waals surface area contributed by atoms with E-state index in [1.54, 1.807) is 6.92 Å². The molecular formula is C12H14F3NO2. The Balaban J connectivity index is 2.67. The zero-order chi connectivity index (χ0) is 13.8. The smallest absolute Gasteiger partial charge is 0.404 e. The number of halogens is 3. The van der Waals surface area contributed by atoms with E-state index < -0.39 is 24.4 Å². The Bertz CT molecular complexity index is 401. The second-order valence-corrected chi connectivity index (χ2v) is 3.73. The van der Waals surface area contributed by atoms with Crippen LogP contribution < -0.4 is 10.5 Å². The SMILES string of the molecule is CCOc1ccc(C(=O)CC(N)C(F)(F)F)cc1. The number of ether oxygens (including phenoxy) is 1. The molecule has 0 radical (unpaired) electrons. The maximum absolute atomic E-state index is 12.2. The first-order valence-corrected chi connectivity index (χ1v) is 5.43. The Labute approximate surface area is 103 Å². The minimum absolute atomic E-state index is 0.193. The van der Waals surface area contributed by atoms with Crippen molar-refractivity contribution in [1.29, 1.82) is 0 Å². The summed E-state index contributed by atoms with van der Waals surface area (Å²) >= 11 is 0. The summed E-state index contributed by atoms with van der Waals surface area (Å²) in [4.78, 5) is 11.6. The molecule has 0 aliphatic carbocycles. The van der Waals surface area contributed by atoms with E-state index in [0.717, 1.165) is 0 Å². The molecule has 1 aromatic rings. The largest absolute Gasteiger partial charge is 0.494 e. The van der Waals surface area contributed by atoms with Crippen LogP contribution in [0.2, 0.25) is 0 Å². The maximum Gasteiger partial charge on any atom is 0.404 e. The van der Waals surface area contributed by atoms with Gasteiger partial charge in [-0.25, -0.2) is 0 Å². The van der Waals surface area contributed by atoms with Crippen LogP contribution in [0.3, 0.4) is 0 Å². The van der Waals surface area contributed by atoms with E-state index >= 15 is 0 Å². The van der Waals surface area contributed by atoms with Gasteiger partial charge in [-0.3, -0.25) is 4.79 Å². The third kappa shape index (κ3) is 4.03. The summed E-state index contributed by atoms with van der Waals surface area (Å²) in [5.41, 5.74) is 5.09. The van der Waals surface area contributed by atoms with Crippen molar-refractivity contribution in [3.63, 3.8) is 0 Å². The van der Waals surface area contributed by atoms with Crippen molar-refractivity contribution in [2.75, 3.05) is 6.61 Å². The lowest BCUT2D eigenvalue weighted by molar-refractivity contribution is -0.146. The fourth-order valence-corrected chi connectivity index (χ4v) is 1.34. The molecule has 0 amide bonds. The highest BCUT2D eigenvalue weighted by Gasteiger charge is 2.37. The van der Waals surface area contributed by atoms with Gasteiger partial charge in [-0.1, -0.05) is 0 Å². The average Bonchev–Trinajstić information content (AvgIpc) is 2.29. The molecule has 6 heteroatoms. The molecule has 0 aliphatic heterocycles. The molecule has 1 aromatic carbocycles. The summed E-state index contributed by atoms with van der Waals surface area (Å²) in [5.74, 6) is -0.0722. The van der Waals surface area contributed by atoms with E-state index in [1.807, 2.05) is 0 Å². The second-order valence-electron chi connectivity index (χ2n) is 3.73. The minimum Gasteiger partial charge on any atom is -0.494 e. The summed E-state index contributed by atoms with van der Waals surface area (Å²) in [6.45, 7) is 2.29. The first-order valence-electron chi connectivity index (χ1n) is 5.43. The molecule has 1 unspecified atom stereocenters. The highest BCUT2D eigenvalue weighted by atomic mass is 19.4. The predicted molar refractivity (Wildman–Crippen MR) is 60.6 cm³/mol. The maximum atomic E-state index is 12.2. The minimum atomic E-state index is -4.55. The number of Topliss-reactive ketones (excluding diaryl/α,β-unsaturated/α-hetero) is 1. The lowest BCUT2D eigenvalue weighted by atomic mass is 10.0. The molecule has 0 aromatic heterocycles. The molecule has 18 heavy (non-hydrogen) atoms. The number of rotatable bonds is 5. The number of benzene rings is 1. The van der Waals surface area contributed by atoms with Crippen LogP contribution in [0.1, 0.15) is 23.7 Å². The van der Waals surface area contributed by atoms with Gasteiger partial charge in [0.05, 0.1) is 6.61 Å². The van der Waals surface area contributed by atoms with Gasteiger partial charge in [0.15, 0.2) is 5.78 Å². The van der Waals surface area contributed by atoms with Gasteiger partial charge in [-0.2, -0.15) is 13.2 Å². The number of carbonyl (C=O) groups excluding carboxylic acids is 1. The number of ketones is 1. The summed E-state index contributed by atoms with van der Waals surface area (Å²) < 4.78 is 41.7. The average molecular weight is 261 g/mol. The topological polar surface area (TPSA) is 52.3 Å². The molecule has 0 saturated carbocycles. The van der Waals surface area contributed by atoms with Crippen molar-refractivity contribution >= 4 is 5.78 Å². The molecule has 0 spiro atoms. The molecule has 1 rings (SSSR count). The van der Waals surface area contributed by atoms with E-state index in [9.17, 15) is 18.0 Å². The van der Waals surface area contributed by atoms with Crippen molar-refractivity contribution < 1.29 is 22.7 Å². The normalized spacial score (nSPS) is 13.2. The number of hydrogen-bond acceptors (Lipinski definition) is 3. The number of hydrogen-bond donors (Lipinski definition) is 1. The van der Waals surface area contributed by atoms with Crippen LogP contribution in [-0.2, 0) is 0 Å². The Morgan fingerprint density at radius 2 is 1.89 bits per heavy atom. The van der Waals surface area contributed by atoms with Crippen LogP contribution in [0, 0.1) is 0 Å². The van der Waals surface area contributed by atoms with Crippen LogP contribution in [0.5, 0.6) is 5.75 Å². The Morgan fingerprint density at radius 1 is 1.33 bits per heavy atom. The van der Waals surface area contributed by atoms with Gasteiger partial charge < -0.3 is 10.5 Å². The van der Waals surface area contributed by atoms with Crippen molar-refractivity contribution in [2.45, 2.75) is 25.6 Å². The van der Waals surface area contributed by atoms with Crippen molar-refractivity contribution in [3.8, 4) is 5.75 Å². The molecular weight excluding hydrogens is 247 g/mol. The lowest BCUT2D eigenvalue weighted by Crippen LogP contribution is -2.39. The molecule has 0 saturated heterocycles. The fourth-order valence-electron chi connectivity index (χ4n) is 1.34. The molecule has 0 fully saturated rings. The first-order chi connectivity index (χ1) is 8.34. The van der Waals surface area contributed by atoms with Gasteiger partial charge in [-0.15, -0.1) is 0 Å². The third-order valence-corrected chi connectivity index (χ3v) is 2.31. The molecule has 0 heterocycles. The van der Waals surface area contributed by atoms with Crippen LogP contribution in [-0.4, -0.2) is 24.6 Å². The second kappa shape index (κ2) is 5.86. The Kier molecular flexibility index (Phi) is 4.72. The monoisotopic (exact) mass is 261 g/mol. The standard InChI is InChI=1S/C12H14F3NO2/c1-2-18-9-5-3-8(4-6-9)10(17)7-11(16)12(13,14)15/h3-6,11H,2,7,16H2,1H3. The number of alkyl halides is 3. The Morgan fingerprint density at radius 3 is 2.33 bits per heavy atom. The molecule has 3 nitrogen and oxygen atoms in total. The third-order valence-electron chi connectivity index (χ3n) is 2.31. The lowest BCUT2D eigenvalue weighted by Gasteiger charge is -2.14. The zero-order valence-corrected chi connectivity index (χ0v) is 9.83. The van der Waals surface area contributed by atoms with E-state index in [-0.39, 0.29) is 5.56 Å². The summed E-state index contributed by atoms with van der Waals surface area (Å²) in [6.07, 6.45) is -5.31. The van der Waals surface area contributed by atoms with E-state index in [4.69, 9.17) is 10.5 Å². The van der Waals surface area contributed by atoms with Crippen LogP contribution in [0.25, 0.3) is 0 Å².